The summed E-state index contributed by atoms with van der Waals surface area (Å²) < 4.78 is 5.11. The maximum Gasteiger partial charge on any atom is 0.161 e. The molecule has 0 aromatic heterocycles. The van der Waals surface area contributed by atoms with Crippen LogP contribution in [-0.4, -0.2) is 32.1 Å². The largest absolute Gasteiger partial charge is 0.383 e. The van der Waals surface area contributed by atoms with E-state index in [2.05, 4.69) is 24.8 Å². The average Bonchev–Trinajstić information content (AvgIpc) is 2.38. The molecule has 0 radical (unpaired) electrons. The molecule has 102 valence electrons. The molecule has 1 rings (SSSR count). The van der Waals surface area contributed by atoms with Crippen molar-refractivity contribution in [2.75, 3.05) is 25.2 Å². The van der Waals surface area contributed by atoms with Gasteiger partial charge in [-0.15, -0.1) is 0 Å². The number of rotatable bonds is 6. The smallest absolute Gasteiger partial charge is 0.161 e. The summed E-state index contributed by atoms with van der Waals surface area (Å²) in [5.41, 5.74) is 2.01. The number of carbonyl (C=O) groups excluding carboxylic acids is 1. The molecule has 1 aromatic rings. The molecular weight excluding hydrogens is 240 g/mol. The van der Waals surface area contributed by atoms with Gasteiger partial charge in [0.15, 0.2) is 5.78 Å². The Morgan fingerprint density at radius 3 is 2.63 bits per heavy atom. The van der Waals surface area contributed by atoms with Gasteiger partial charge in [-0.25, -0.2) is 0 Å². The second-order valence-electron chi connectivity index (χ2n) is 4.68. The molecule has 0 spiro atoms. The number of nitriles is 1. The highest BCUT2D eigenvalue weighted by molar-refractivity contribution is 6.00. The molecule has 0 N–H and O–H groups in total. The van der Waals surface area contributed by atoms with E-state index in [9.17, 15) is 4.79 Å². The molecule has 0 aliphatic carbocycles. The van der Waals surface area contributed by atoms with Gasteiger partial charge in [-0.05, 0) is 39.0 Å². The Bertz CT molecular complexity index is 489. The van der Waals surface area contributed by atoms with E-state index in [0.29, 0.717) is 24.3 Å². The van der Waals surface area contributed by atoms with E-state index < -0.39 is 0 Å². The quantitative estimate of drug-likeness (QED) is 0.738. The highest BCUT2D eigenvalue weighted by Gasteiger charge is 2.17. The van der Waals surface area contributed by atoms with E-state index in [-0.39, 0.29) is 11.8 Å². The van der Waals surface area contributed by atoms with Crippen LogP contribution in [0.15, 0.2) is 18.2 Å². The van der Waals surface area contributed by atoms with E-state index in [1.165, 1.54) is 0 Å². The van der Waals surface area contributed by atoms with Gasteiger partial charge in [0.2, 0.25) is 0 Å². The minimum atomic E-state index is 0.00237. The van der Waals surface area contributed by atoms with E-state index >= 15 is 0 Å². The first-order valence-corrected chi connectivity index (χ1v) is 6.32. The van der Waals surface area contributed by atoms with Crippen LogP contribution >= 0.6 is 0 Å². The Labute approximate surface area is 114 Å². The molecule has 0 saturated heterocycles. The van der Waals surface area contributed by atoms with Crippen molar-refractivity contribution in [2.24, 2.45) is 0 Å². The summed E-state index contributed by atoms with van der Waals surface area (Å²) in [6, 6.07) is 7.50. The number of ketones is 1. The van der Waals surface area contributed by atoms with Crippen LogP contribution in [0, 0.1) is 11.3 Å². The number of benzene rings is 1. The van der Waals surface area contributed by atoms with Gasteiger partial charge in [-0.2, -0.15) is 5.26 Å². The highest BCUT2D eigenvalue weighted by atomic mass is 16.5. The van der Waals surface area contributed by atoms with Crippen LogP contribution in [0.25, 0.3) is 0 Å². The number of carbonyl (C=O) groups is 1. The number of methoxy groups -OCH3 is 1. The zero-order chi connectivity index (χ0) is 14.4. The first-order chi connectivity index (χ1) is 9.01. The molecule has 4 nitrogen and oxygen atoms in total. The SMILES string of the molecule is COCCN(c1cc(C#N)ccc1C(C)=O)C(C)C. The second-order valence-corrected chi connectivity index (χ2v) is 4.68. The maximum atomic E-state index is 11.7. The molecule has 0 fully saturated rings. The first-order valence-electron chi connectivity index (χ1n) is 6.32. The number of Topliss-reactive ketones (excluding diaryl/α,β-unsaturated/α-hetero) is 1. The minimum Gasteiger partial charge on any atom is -0.383 e. The van der Waals surface area contributed by atoms with Gasteiger partial charge in [-0.3, -0.25) is 4.79 Å². The lowest BCUT2D eigenvalue weighted by molar-refractivity contribution is 0.101. The molecule has 0 amide bonds. The van der Waals surface area contributed by atoms with Gasteiger partial charge >= 0.3 is 0 Å². The van der Waals surface area contributed by atoms with Gasteiger partial charge in [0.05, 0.1) is 18.2 Å². The molecule has 0 bridgehead atoms. The van der Waals surface area contributed by atoms with Crippen molar-refractivity contribution in [2.45, 2.75) is 26.8 Å². The predicted octanol–water partition coefficient (Wildman–Crippen LogP) is 2.62. The highest BCUT2D eigenvalue weighted by Crippen LogP contribution is 2.24. The Kier molecular flexibility index (Phi) is 5.53. The van der Waals surface area contributed by atoms with Crippen LogP contribution in [-0.2, 0) is 4.74 Å². The molecule has 4 heteroatoms. The number of hydrogen-bond donors (Lipinski definition) is 0. The Morgan fingerprint density at radius 2 is 2.16 bits per heavy atom. The zero-order valence-corrected chi connectivity index (χ0v) is 11.9. The molecule has 0 heterocycles. The third kappa shape index (κ3) is 3.80. The predicted molar refractivity (Wildman–Crippen MR) is 75.5 cm³/mol. The van der Waals surface area contributed by atoms with Gasteiger partial charge in [-0.1, -0.05) is 0 Å². The summed E-state index contributed by atoms with van der Waals surface area (Å²) in [6.45, 7) is 6.91. The molecular formula is C15H20N2O2. The van der Waals surface area contributed by atoms with Crippen LogP contribution in [0.1, 0.15) is 36.7 Å². The number of ether oxygens (including phenoxy) is 1. The summed E-state index contributed by atoms with van der Waals surface area (Å²) in [6.07, 6.45) is 0. The second kappa shape index (κ2) is 6.91. The third-order valence-electron chi connectivity index (χ3n) is 2.98. The maximum absolute atomic E-state index is 11.7. The van der Waals surface area contributed by atoms with Crippen molar-refractivity contribution in [1.82, 2.24) is 0 Å². The van der Waals surface area contributed by atoms with Crippen molar-refractivity contribution < 1.29 is 9.53 Å². The van der Waals surface area contributed by atoms with Gasteiger partial charge in [0.25, 0.3) is 0 Å². The van der Waals surface area contributed by atoms with E-state index in [4.69, 9.17) is 10.00 Å². The molecule has 0 aliphatic heterocycles. The van der Waals surface area contributed by atoms with E-state index in [0.717, 1.165) is 5.69 Å². The van der Waals surface area contributed by atoms with Crippen molar-refractivity contribution in [3.05, 3.63) is 29.3 Å². The van der Waals surface area contributed by atoms with Crippen LogP contribution in [0.4, 0.5) is 5.69 Å². The van der Waals surface area contributed by atoms with Gasteiger partial charge in [0, 0.05) is 30.9 Å². The molecule has 0 atom stereocenters. The van der Waals surface area contributed by atoms with Crippen LogP contribution < -0.4 is 4.90 Å². The van der Waals surface area contributed by atoms with Crippen LogP contribution in [0.2, 0.25) is 0 Å². The fourth-order valence-electron chi connectivity index (χ4n) is 1.98. The lowest BCUT2D eigenvalue weighted by Gasteiger charge is -2.30. The summed E-state index contributed by atoms with van der Waals surface area (Å²) in [5, 5.41) is 9.01. The Morgan fingerprint density at radius 1 is 1.47 bits per heavy atom. The Balaban J connectivity index is 3.25. The van der Waals surface area contributed by atoms with Crippen LogP contribution in [0.5, 0.6) is 0 Å². The zero-order valence-electron chi connectivity index (χ0n) is 11.9. The monoisotopic (exact) mass is 260 g/mol. The molecule has 0 unspecified atom stereocenters. The lowest BCUT2D eigenvalue weighted by Crippen LogP contribution is -2.35. The third-order valence-corrected chi connectivity index (χ3v) is 2.98. The average molecular weight is 260 g/mol. The summed E-state index contributed by atoms with van der Waals surface area (Å²) in [7, 11) is 1.65. The fourth-order valence-corrected chi connectivity index (χ4v) is 1.98. The van der Waals surface area contributed by atoms with E-state index in [1.54, 1.807) is 32.2 Å². The molecule has 1 aromatic carbocycles. The number of nitrogens with zero attached hydrogens (tertiary/aromatic N) is 2. The molecule has 0 aliphatic rings. The number of hydrogen-bond acceptors (Lipinski definition) is 4. The molecule has 19 heavy (non-hydrogen) atoms. The Hall–Kier alpha value is -1.86. The topological polar surface area (TPSA) is 53.3 Å². The normalized spacial score (nSPS) is 10.3. The summed E-state index contributed by atoms with van der Waals surface area (Å²) in [4.78, 5) is 13.8. The fraction of sp³-hybridized carbons (Fsp3) is 0.467. The van der Waals surface area contributed by atoms with Gasteiger partial charge < -0.3 is 9.64 Å². The lowest BCUT2D eigenvalue weighted by atomic mass is 10.0. The first kappa shape index (κ1) is 15.2. The molecule has 0 saturated carbocycles. The summed E-state index contributed by atoms with van der Waals surface area (Å²) >= 11 is 0. The van der Waals surface area contributed by atoms with Crippen molar-refractivity contribution in [3.8, 4) is 6.07 Å². The van der Waals surface area contributed by atoms with Crippen LogP contribution in [0.3, 0.4) is 0 Å². The summed E-state index contributed by atoms with van der Waals surface area (Å²) in [5.74, 6) is 0.00237. The van der Waals surface area contributed by atoms with Crippen molar-refractivity contribution in [3.63, 3.8) is 0 Å². The van der Waals surface area contributed by atoms with Crippen molar-refractivity contribution in [1.29, 1.82) is 5.26 Å². The van der Waals surface area contributed by atoms with Gasteiger partial charge in [0.1, 0.15) is 0 Å². The standard InChI is InChI=1S/C15H20N2O2/c1-11(2)17(7-8-19-4)15-9-13(10-16)5-6-14(15)12(3)18/h5-6,9,11H,7-8H2,1-4H3. The van der Waals surface area contributed by atoms with E-state index in [1.807, 2.05) is 0 Å². The number of anilines is 1. The minimum absolute atomic E-state index is 0.00237. The van der Waals surface area contributed by atoms with Crippen molar-refractivity contribution >= 4 is 11.5 Å².